The second-order valence-electron chi connectivity index (χ2n) is 9.22. The Hall–Kier alpha value is -3.32. The van der Waals surface area contributed by atoms with Crippen molar-refractivity contribution in [2.45, 2.75) is 57.5 Å². The van der Waals surface area contributed by atoms with Gasteiger partial charge in [0.2, 0.25) is 11.8 Å². The number of benzene rings is 2. The number of methoxy groups -OCH3 is 2. The second-order valence-corrected chi connectivity index (χ2v) is 10.3. The van der Waals surface area contributed by atoms with Crippen molar-refractivity contribution in [2.75, 3.05) is 19.1 Å². The molecule has 2 amide bonds. The van der Waals surface area contributed by atoms with Crippen LogP contribution in [0.2, 0.25) is 0 Å². The fourth-order valence-electron chi connectivity index (χ4n) is 4.83. The standard InChI is InChI=1S/C29H34N2O4S/c1-20-9-7-12-23(17-20)31(27(32)19-24-13-8-16-36-24)28(29(33)30-22-10-5-4-6-11-22)21-14-15-25(34-2)26(18-21)35-3/h7-9,12-18,22,28H,4-6,10-11,19H2,1-3H3,(H,30,33)/t28-/m1/s1. The molecule has 1 heterocycles. The van der Waals surface area contributed by atoms with E-state index in [-0.39, 0.29) is 24.3 Å². The van der Waals surface area contributed by atoms with Gasteiger partial charge in [-0.2, -0.15) is 0 Å². The number of nitrogens with one attached hydrogen (secondary N) is 1. The lowest BCUT2D eigenvalue weighted by Gasteiger charge is -2.34. The summed E-state index contributed by atoms with van der Waals surface area (Å²) in [5, 5.41) is 5.22. The van der Waals surface area contributed by atoms with Crippen LogP contribution in [0.1, 0.15) is 54.1 Å². The van der Waals surface area contributed by atoms with E-state index in [2.05, 4.69) is 5.32 Å². The topological polar surface area (TPSA) is 67.9 Å². The highest BCUT2D eigenvalue weighted by molar-refractivity contribution is 7.10. The van der Waals surface area contributed by atoms with Gasteiger partial charge >= 0.3 is 0 Å². The predicted octanol–water partition coefficient (Wildman–Crippen LogP) is 5.84. The lowest BCUT2D eigenvalue weighted by molar-refractivity contribution is -0.127. The molecule has 1 atom stereocenters. The molecule has 1 aliphatic carbocycles. The Balaban J connectivity index is 1.80. The molecule has 1 saturated carbocycles. The number of thiophene rings is 1. The van der Waals surface area contributed by atoms with Crippen LogP contribution < -0.4 is 19.7 Å². The van der Waals surface area contributed by atoms with Crippen molar-refractivity contribution in [3.63, 3.8) is 0 Å². The maximum atomic E-state index is 14.0. The number of hydrogen-bond donors (Lipinski definition) is 1. The van der Waals surface area contributed by atoms with E-state index in [0.717, 1.165) is 36.1 Å². The Morgan fingerprint density at radius 2 is 1.78 bits per heavy atom. The van der Waals surface area contributed by atoms with Gasteiger partial charge in [-0.3, -0.25) is 14.5 Å². The van der Waals surface area contributed by atoms with Crippen molar-refractivity contribution in [1.82, 2.24) is 5.32 Å². The number of ether oxygens (including phenoxy) is 2. The van der Waals surface area contributed by atoms with Crippen LogP contribution in [0.5, 0.6) is 11.5 Å². The van der Waals surface area contributed by atoms with Gasteiger partial charge in [0.25, 0.3) is 0 Å². The van der Waals surface area contributed by atoms with E-state index in [4.69, 9.17) is 9.47 Å². The van der Waals surface area contributed by atoms with Gasteiger partial charge in [0.15, 0.2) is 11.5 Å². The molecule has 6 nitrogen and oxygen atoms in total. The molecule has 1 aliphatic rings. The molecule has 36 heavy (non-hydrogen) atoms. The molecule has 0 saturated heterocycles. The summed E-state index contributed by atoms with van der Waals surface area (Å²) in [5.41, 5.74) is 2.37. The second kappa shape index (κ2) is 12.1. The van der Waals surface area contributed by atoms with Crippen molar-refractivity contribution in [2.24, 2.45) is 0 Å². The normalized spacial score (nSPS) is 14.6. The van der Waals surface area contributed by atoms with Gasteiger partial charge in [-0.05, 0) is 66.6 Å². The smallest absolute Gasteiger partial charge is 0.248 e. The molecule has 2 aromatic carbocycles. The highest BCUT2D eigenvalue weighted by Crippen LogP contribution is 2.35. The predicted molar refractivity (Wildman–Crippen MR) is 144 cm³/mol. The maximum Gasteiger partial charge on any atom is 0.248 e. The first-order chi connectivity index (χ1) is 17.5. The third kappa shape index (κ3) is 6.08. The lowest BCUT2D eigenvalue weighted by Crippen LogP contribution is -2.47. The van der Waals surface area contributed by atoms with E-state index in [0.29, 0.717) is 22.7 Å². The van der Waals surface area contributed by atoms with Crippen molar-refractivity contribution in [3.8, 4) is 11.5 Å². The van der Waals surface area contributed by atoms with Gasteiger partial charge in [-0.1, -0.05) is 43.5 Å². The van der Waals surface area contributed by atoms with E-state index in [9.17, 15) is 9.59 Å². The summed E-state index contributed by atoms with van der Waals surface area (Å²) in [6, 6.07) is 16.3. The van der Waals surface area contributed by atoms with Gasteiger partial charge in [-0.25, -0.2) is 0 Å². The minimum absolute atomic E-state index is 0.112. The van der Waals surface area contributed by atoms with E-state index >= 15 is 0 Å². The average Bonchev–Trinajstić information content (AvgIpc) is 3.40. The summed E-state index contributed by atoms with van der Waals surface area (Å²) in [6.45, 7) is 1.99. The molecule has 190 valence electrons. The molecular formula is C29H34N2O4S. The Morgan fingerprint density at radius 3 is 2.44 bits per heavy atom. The first-order valence-corrected chi connectivity index (χ1v) is 13.3. The van der Waals surface area contributed by atoms with Crippen molar-refractivity contribution >= 4 is 28.8 Å². The first kappa shape index (κ1) is 25.8. The molecule has 0 spiro atoms. The fraction of sp³-hybridized carbons (Fsp3) is 0.379. The Kier molecular flexibility index (Phi) is 8.65. The number of nitrogens with zero attached hydrogens (tertiary/aromatic N) is 1. The molecule has 1 fully saturated rings. The van der Waals surface area contributed by atoms with Crippen molar-refractivity contribution in [3.05, 3.63) is 76.0 Å². The minimum atomic E-state index is -0.860. The molecule has 0 aliphatic heterocycles. The largest absolute Gasteiger partial charge is 0.493 e. The number of carbonyl (C=O) groups excluding carboxylic acids is 2. The van der Waals surface area contributed by atoms with Gasteiger partial charge < -0.3 is 14.8 Å². The summed E-state index contributed by atoms with van der Waals surface area (Å²) >= 11 is 1.54. The molecule has 7 heteroatoms. The minimum Gasteiger partial charge on any atom is -0.493 e. The summed E-state index contributed by atoms with van der Waals surface area (Å²) in [7, 11) is 3.15. The van der Waals surface area contributed by atoms with E-state index < -0.39 is 6.04 Å². The van der Waals surface area contributed by atoms with E-state index in [1.165, 1.54) is 17.8 Å². The van der Waals surface area contributed by atoms with Crippen LogP contribution in [0.15, 0.2) is 60.0 Å². The Labute approximate surface area is 217 Å². The van der Waals surface area contributed by atoms with E-state index in [1.807, 2.05) is 54.8 Å². The molecule has 0 radical (unpaired) electrons. The average molecular weight is 507 g/mol. The number of rotatable bonds is 9. The van der Waals surface area contributed by atoms with Crippen LogP contribution in [0, 0.1) is 6.92 Å². The molecule has 3 aromatic rings. The molecule has 1 aromatic heterocycles. The van der Waals surface area contributed by atoms with Crippen molar-refractivity contribution in [1.29, 1.82) is 0 Å². The first-order valence-electron chi connectivity index (χ1n) is 12.4. The molecule has 4 rings (SSSR count). The third-order valence-corrected chi connectivity index (χ3v) is 7.51. The summed E-state index contributed by atoms with van der Waals surface area (Å²) in [5.74, 6) is 0.761. The van der Waals surface area contributed by atoms with Crippen LogP contribution in [-0.4, -0.2) is 32.1 Å². The molecular weight excluding hydrogens is 472 g/mol. The molecule has 0 unspecified atom stereocenters. The number of anilines is 1. The SMILES string of the molecule is COc1ccc([C@H](C(=O)NC2CCCCC2)N(C(=O)Cc2cccs2)c2cccc(C)c2)cc1OC. The maximum absolute atomic E-state index is 14.0. The van der Waals surface area contributed by atoms with Gasteiger partial charge in [-0.15, -0.1) is 11.3 Å². The summed E-state index contributed by atoms with van der Waals surface area (Å²) in [6.07, 6.45) is 5.53. The highest BCUT2D eigenvalue weighted by Gasteiger charge is 2.35. The number of hydrogen-bond acceptors (Lipinski definition) is 5. The zero-order valence-corrected chi connectivity index (χ0v) is 22.0. The Bertz CT molecular complexity index is 1170. The zero-order chi connectivity index (χ0) is 25.5. The zero-order valence-electron chi connectivity index (χ0n) is 21.2. The summed E-state index contributed by atoms with van der Waals surface area (Å²) < 4.78 is 11.0. The number of carbonyl (C=O) groups is 2. The van der Waals surface area contributed by atoms with Crippen LogP contribution >= 0.6 is 11.3 Å². The highest BCUT2D eigenvalue weighted by atomic mass is 32.1. The quantitative estimate of drug-likeness (QED) is 0.396. The number of amides is 2. The van der Waals surface area contributed by atoms with Gasteiger partial charge in [0.1, 0.15) is 6.04 Å². The Morgan fingerprint density at radius 1 is 1.00 bits per heavy atom. The third-order valence-electron chi connectivity index (χ3n) is 6.64. The molecule has 1 N–H and O–H groups in total. The van der Waals surface area contributed by atoms with Gasteiger partial charge in [0, 0.05) is 16.6 Å². The van der Waals surface area contributed by atoms with Crippen LogP contribution in [0.25, 0.3) is 0 Å². The summed E-state index contributed by atoms with van der Waals surface area (Å²) in [4.78, 5) is 30.5. The van der Waals surface area contributed by atoms with Crippen LogP contribution in [0.4, 0.5) is 5.69 Å². The van der Waals surface area contributed by atoms with Crippen LogP contribution in [-0.2, 0) is 16.0 Å². The molecule has 0 bridgehead atoms. The monoisotopic (exact) mass is 506 g/mol. The van der Waals surface area contributed by atoms with Gasteiger partial charge in [0.05, 0.1) is 20.6 Å². The van der Waals surface area contributed by atoms with E-state index in [1.54, 1.807) is 31.3 Å². The lowest BCUT2D eigenvalue weighted by atomic mass is 9.94. The van der Waals surface area contributed by atoms with Crippen LogP contribution in [0.3, 0.4) is 0 Å². The number of aryl methyl sites for hydroxylation is 1. The van der Waals surface area contributed by atoms with Crippen molar-refractivity contribution < 1.29 is 19.1 Å². The fourth-order valence-corrected chi connectivity index (χ4v) is 5.53.